The van der Waals surface area contributed by atoms with Crippen molar-refractivity contribution < 1.29 is 0 Å². The topological polar surface area (TPSA) is 38.9 Å². The van der Waals surface area contributed by atoms with Crippen molar-refractivity contribution in [3.8, 4) is 0 Å². The van der Waals surface area contributed by atoms with Gasteiger partial charge in [-0.3, -0.25) is 0 Å². The maximum atomic E-state index is 5.76. The van der Waals surface area contributed by atoms with E-state index in [0.717, 1.165) is 5.69 Å². The van der Waals surface area contributed by atoms with Crippen molar-refractivity contribution in [3.63, 3.8) is 0 Å². The van der Waals surface area contributed by atoms with Gasteiger partial charge in [0.1, 0.15) is 0 Å². The first-order valence-corrected chi connectivity index (χ1v) is 6.60. The first-order chi connectivity index (χ1) is 7.99. The molecule has 90 valence electrons. The molecule has 0 spiro atoms. The van der Waals surface area contributed by atoms with Gasteiger partial charge in [-0.1, -0.05) is 30.7 Å². The lowest BCUT2D eigenvalue weighted by Gasteiger charge is -2.14. The predicted molar refractivity (Wildman–Crippen MR) is 74.7 cm³/mol. The Morgan fingerprint density at radius 1 is 1.24 bits per heavy atom. The van der Waals surface area contributed by atoms with Crippen LogP contribution in [-0.2, 0) is 0 Å². The number of aromatic nitrogens is 1. The SMILES string of the molecule is Cc1ccc(C(C)c2sc(N)nc2C)c(C)c1. The summed E-state index contributed by atoms with van der Waals surface area (Å²) in [4.78, 5) is 5.57. The maximum absolute atomic E-state index is 5.76. The summed E-state index contributed by atoms with van der Waals surface area (Å²) in [6.07, 6.45) is 0. The third-order valence-electron chi connectivity index (χ3n) is 3.13. The first kappa shape index (κ1) is 12.1. The molecule has 0 fully saturated rings. The van der Waals surface area contributed by atoms with Crippen LogP contribution in [0.15, 0.2) is 18.2 Å². The van der Waals surface area contributed by atoms with Gasteiger partial charge < -0.3 is 5.73 Å². The number of benzene rings is 1. The summed E-state index contributed by atoms with van der Waals surface area (Å²) >= 11 is 1.60. The Morgan fingerprint density at radius 3 is 2.47 bits per heavy atom. The van der Waals surface area contributed by atoms with Crippen molar-refractivity contribution in [2.45, 2.75) is 33.6 Å². The lowest BCUT2D eigenvalue weighted by molar-refractivity contribution is 0.914. The van der Waals surface area contributed by atoms with Crippen molar-refractivity contribution >= 4 is 16.5 Å². The molecular formula is C14H18N2S. The minimum absolute atomic E-state index is 0.366. The predicted octanol–water partition coefficient (Wildman–Crippen LogP) is 3.80. The van der Waals surface area contributed by atoms with Crippen LogP contribution in [0, 0.1) is 20.8 Å². The van der Waals surface area contributed by atoms with Crippen molar-refractivity contribution in [1.82, 2.24) is 4.98 Å². The standard InChI is InChI=1S/C14H18N2S/c1-8-5-6-12(9(2)7-8)10(3)13-11(4)16-14(15)17-13/h5-7,10H,1-4H3,(H2,15,16). The average Bonchev–Trinajstić information content (AvgIpc) is 2.57. The van der Waals surface area contributed by atoms with Gasteiger partial charge in [0.25, 0.3) is 0 Å². The lowest BCUT2D eigenvalue weighted by atomic mass is 9.93. The first-order valence-electron chi connectivity index (χ1n) is 5.79. The summed E-state index contributed by atoms with van der Waals surface area (Å²) in [7, 11) is 0. The van der Waals surface area contributed by atoms with Gasteiger partial charge in [0.15, 0.2) is 5.13 Å². The van der Waals surface area contributed by atoms with E-state index in [1.165, 1.54) is 21.6 Å². The molecule has 0 aliphatic carbocycles. The molecule has 2 nitrogen and oxygen atoms in total. The largest absolute Gasteiger partial charge is 0.375 e. The summed E-state index contributed by atoms with van der Waals surface area (Å²) in [5.74, 6) is 0.366. The quantitative estimate of drug-likeness (QED) is 0.875. The minimum atomic E-state index is 0.366. The molecule has 1 atom stereocenters. The highest BCUT2D eigenvalue weighted by molar-refractivity contribution is 7.15. The molecular weight excluding hydrogens is 228 g/mol. The number of anilines is 1. The number of nitrogens with two attached hydrogens (primary N) is 1. The fraction of sp³-hybridized carbons (Fsp3) is 0.357. The van der Waals surface area contributed by atoms with Crippen LogP contribution in [0.5, 0.6) is 0 Å². The number of thiazole rings is 1. The van der Waals surface area contributed by atoms with E-state index in [0.29, 0.717) is 11.0 Å². The highest BCUT2D eigenvalue weighted by Gasteiger charge is 2.16. The van der Waals surface area contributed by atoms with Gasteiger partial charge in [0.05, 0.1) is 5.69 Å². The summed E-state index contributed by atoms with van der Waals surface area (Å²) in [5, 5.41) is 0.661. The van der Waals surface area contributed by atoms with Crippen LogP contribution >= 0.6 is 11.3 Å². The molecule has 0 radical (unpaired) electrons. The van der Waals surface area contributed by atoms with E-state index in [2.05, 4.69) is 44.0 Å². The third-order valence-corrected chi connectivity index (χ3v) is 4.30. The summed E-state index contributed by atoms with van der Waals surface area (Å²) in [6.45, 7) is 8.54. The molecule has 17 heavy (non-hydrogen) atoms. The van der Waals surface area contributed by atoms with Crippen LogP contribution in [0.1, 0.15) is 40.1 Å². The second-order valence-corrected chi connectivity index (χ2v) is 5.65. The van der Waals surface area contributed by atoms with Crippen LogP contribution < -0.4 is 5.73 Å². The molecule has 3 heteroatoms. The smallest absolute Gasteiger partial charge is 0.180 e. The number of aryl methyl sites for hydroxylation is 3. The Hall–Kier alpha value is -1.35. The van der Waals surface area contributed by atoms with Crippen molar-refractivity contribution in [2.24, 2.45) is 0 Å². The van der Waals surface area contributed by atoms with Gasteiger partial charge in [-0.05, 0) is 31.9 Å². The second-order valence-electron chi connectivity index (χ2n) is 4.58. The molecule has 0 saturated heterocycles. The number of nitrogen functional groups attached to an aromatic ring is 1. The normalized spacial score (nSPS) is 12.7. The highest BCUT2D eigenvalue weighted by atomic mass is 32.1. The third kappa shape index (κ3) is 2.34. The monoisotopic (exact) mass is 246 g/mol. The van der Waals surface area contributed by atoms with E-state index in [1.54, 1.807) is 11.3 Å². The minimum Gasteiger partial charge on any atom is -0.375 e. The van der Waals surface area contributed by atoms with E-state index in [-0.39, 0.29) is 0 Å². The molecule has 2 aromatic rings. The van der Waals surface area contributed by atoms with E-state index in [1.807, 2.05) is 6.92 Å². The van der Waals surface area contributed by atoms with Gasteiger partial charge >= 0.3 is 0 Å². The molecule has 0 saturated carbocycles. The molecule has 1 aromatic heterocycles. The molecule has 0 aliphatic rings. The number of hydrogen-bond donors (Lipinski definition) is 1. The Bertz CT molecular complexity index is 543. The molecule has 2 rings (SSSR count). The Balaban J connectivity index is 2.43. The van der Waals surface area contributed by atoms with Gasteiger partial charge in [-0.15, -0.1) is 11.3 Å². The molecule has 1 aromatic carbocycles. The molecule has 0 aliphatic heterocycles. The van der Waals surface area contributed by atoms with Crippen molar-refractivity contribution in [2.75, 3.05) is 5.73 Å². The van der Waals surface area contributed by atoms with Gasteiger partial charge in [0.2, 0.25) is 0 Å². The Kier molecular flexibility index (Phi) is 3.20. The van der Waals surface area contributed by atoms with E-state index >= 15 is 0 Å². The summed E-state index contributed by atoms with van der Waals surface area (Å²) < 4.78 is 0. The van der Waals surface area contributed by atoms with E-state index in [4.69, 9.17) is 5.73 Å². The zero-order valence-corrected chi connectivity index (χ0v) is 11.6. The summed E-state index contributed by atoms with van der Waals surface area (Å²) in [5.41, 5.74) is 10.8. The van der Waals surface area contributed by atoms with Gasteiger partial charge in [0, 0.05) is 10.8 Å². The van der Waals surface area contributed by atoms with Gasteiger partial charge in [-0.25, -0.2) is 4.98 Å². The average molecular weight is 246 g/mol. The maximum Gasteiger partial charge on any atom is 0.180 e. The lowest BCUT2D eigenvalue weighted by Crippen LogP contribution is -1.98. The molecule has 1 heterocycles. The van der Waals surface area contributed by atoms with Crippen LogP contribution in [0.4, 0.5) is 5.13 Å². The number of rotatable bonds is 2. The molecule has 1 unspecified atom stereocenters. The van der Waals surface area contributed by atoms with E-state index < -0.39 is 0 Å². The fourth-order valence-corrected chi connectivity index (χ4v) is 3.19. The van der Waals surface area contributed by atoms with Crippen LogP contribution in [-0.4, -0.2) is 4.98 Å². The molecule has 0 amide bonds. The van der Waals surface area contributed by atoms with E-state index in [9.17, 15) is 0 Å². The Morgan fingerprint density at radius 2 is 1.94 bits per heavy atom. The fourth-order valence-electron chi connectivity index (χ4n) is 2.28. The number of nitrogens with zero attached hydrogens (tertiary/aromatic N) is 1. The number of hydrogen-bond acceptors (Lipinski definition) is 3. The zero-order valence-electron chi connectivity index (χ0n) is 10.7. The van der Waals surface area contributed by atoms with Gasteiger partial charge in [-0.2, -0.15) is 0 Å². The molecule has 2 N–H and O–H groups in total. The zero-order chi connectivity index (χ0) is 12.6. The Labute approximate surface area is 107 Å². The van der Waals surface area contributed by atoms with Crippen molar-refractivity contribution in [1.29, 1.82) is 0 Å². The van der Waals surface area contributed by atoms with Crippen LogP contribution in [0.3, 0.4) is 0 Å². The van der Waals surface area contributed by atoms with Crippen molar-refractivity contribution in [3.05, 3.63) is 45.5 Å². The second kappa shape index (κ2) is 4.49. The van der Waals surface area contributed by atoms with Crippen LogP contribution in [0.2, 0.25) is 0 Å². The highest BCUT2D eigenvalue weighted by Crippen LogP contribution is 2.34. The van der Waals surface area contributed by atoms with Crippen LogP contribution in [0.25, 0.3) is 0 Å². The summed E-state index contributed by atoms with van der Waals surface area (Å²) in [6, 6.07) is 6.61. The molecule has 0 bridgehead atoms.